The van der Waals surface area contributed by atoms with Gasteiger partial charge in [-0.05, 0) is 76.9 Å². The highest BCUT2D eigenvalue weighted by Crippen LogP contribution is 2.38. The second-order valence-electron chi connectivity index (χ2n) is 12.8. The molecule has 2 amide bonds. The van der Waals surface area contributed by atoms with Crippen LogP contribution in [0.4, 0.5) is 0 Å². The van der Waals surface area contributed by atoms with Gasteiger partial charge in [0.25, 0.3) is 5.91 Å². The van der Waals surface area contributed by atoms with E-state index in [-0.39, 0.29) is 41.3 Å². The van der Waals surface area contributed by atoms with Gasteiger partial charge in [-0.2, -0.15) is 0 Å². The van der Waals surface area contributed by atoms with Gasteiger partial charge >= 0.3 is 0 Å². The summed E-state index contributed by atoms with van der Waals surface area (Å²) in [5, 5.41) is 2.13. The highest BCUT2D eigenvalue weighted by atomic mass is 32.1. The number of nitrogens with zero attached hydrogens (tertiary/aromatic N) is 2. The van der Waals surface area contributed by atoms with Crippen molar-refractivity contribution in [3.8, 4) is 0 Å². The monoisotopic (exact) mass is 530 g/mol. The van der Waals surface area contributed by atoms with Crippen LogP contribution in [0.2, 0.25) is 0 Å². The van der Waals surface area contributed by atoms with Crippen LogP contribution in [-0.4, -0.2) is 40.7 Å². The highest BCUT2D eigenvalue weighted by Gasteiger charge is 2.35. The molecule has 5 heteroatoms. The fourth-order valence-electron chi connectivity index (χ4n) is 5.11. The Hall–Kier alpha value is -2.92. The van der Waals surface area contributed by atoms with Crippen LogP contribution in [0.5, 0.6) is 0 Å². The van der Waals surface area contributed by atoms with Crippen LogP contribution in [0.15, 0.2) is 60.0 Å². The average Bonchev–Trinajstić information content (AvgIpc) is 3.34. The summed E-state index contributed by atoms with van der Waals surface area (Å²) in [6.07, 6.45) is 0.846. The summed E-state index contributed by atoms with van der Waals surface area (Å²) in [5.41, 5.74) is 5.48. The van der Waals surface area contributed by atoms with Crippen molar-refractivity contribution in [2.45, 2.75) is 84.7 Å². The van der Waals surface area contributed by atoms with Gasteiger partial charge in [0.15, 0.2) is 0 Å². The summed E-state index contributed by atoms with van der Waals surface area (Å²) >= 11 is 1.77. The lowest BCUT2D eigenvalue weighted by atomic mass is 9.85. The Labute approximate surface area is 232 Å². The molecule has 4 rings (SSSR count). The molecule has 0 saturated carbocycles. The summed E-state index contributed by atoms with van der Waals surface area (Å²) in [6.45, 7) is 17.8. The highest BCUT2D eigenvalue weighted by molar-refractivity contribution is 7.10. The second-order valence-corrected chi connectivity index (χ2v) is 13.8. The number of fused-ring (bicyclic) bond motifs is 1. The predicted molar refractivity (Wildman–Crippen MR) is 158 cm³/mol. The van der Waals surface area contributed by atoms with E-state index in [2.05, 4.69) is 77.3 Å². The Morgan fingerprint density at radius 1 is 0.895 bits per heavy atom. The number of amides is 2. The van der Waals surface area contributed by atoms with Gasteiger partial charge in [0, 0.05) is 23.0 Å². The number of hydrogen-bond acceptors (Lipinski definition) is 3. The maximum atomic E-state index is 13.9. The van der Waals surface area contributed by atoms with Crippen molar-refractivity contribution >= 4 is 23.2 Å². The lowest BCUT2D eigenvalue weighted by molar-refractivity contribution is -0.134. The molecule has 0 N–H and O–H groups in total. The average molecular weight is 531 g/mol. The minimum absolute atomic E-state index is 0.0138. The Morgan fingerprint density at radius 3 is 1.97 bits per heavy atom. The SMILES string of the molecule is CC(C)N(CC(=O)N1CCc2sccc2[C@H]1c1ccc(C(C)(C)C)cc1)C(=O)c1ccc(C(C)(C)C)cc1. The fraction of sp³-hybridized carbons (Fsp3) is 0.455. The van der Waals surface area contributed by atoms with Crippen LogP contribution >= 0.6 is 11.3 Å². The zero-order valence-corrected chi connectivity index (χ0v) is 25.0. The van der Waals surface area contributed by atoms with Gasteiger partial charge < -0.3 is 9.80 Å². The van der Waals surface area contributed by atoms with E-state index in [0.717, 1.165) is 12.0 Å². The molecule has 0 bridgehead atoms. The molecular formula is C33H42N2O2S. The van der Waals surface area contributed by atoms with Crippen molar-refractivity contribution < 1.29 is 9.59 Å². The van der Waals surface area contributed by atoms with E-state index in [1.807, 2.05) is 43.0 Å². The molecule has 0 unspecified atom stereocenters. The maximum Gasteiger partial charge on any atom is 0.254 e. The molecule has 38 heavy (non-hydrogen) atoms. The number of thiophene rings is 1. The maximum absolute atomic E-state index is 13.9. The molecule has 0 fully saturated rings. The van der Waals surface area contributed by atoms with Crippen LogP contribution < -0.4 is 0 Å². The van der Waals surface area contributed by atoms with Gasteiger partial charge in [-0.3, -0.25) is 9.59 Å². The Balaban J connectivity index is 1.60. The van der Waals surface area contributed by atoms with Crippen LogP contribution in [0.3, 0.4) is 0 Å². The zero-order valence-electron chi connectivity index (χ0n) is 24.2. The number of rotatable bonds is 5. The zero-order chi connectivity index (χ0) is 27.8. The molecule has 1 aliphatic rings. The van der Waals surface area contributed by atoms with E-state index in [4.69, 9.17) is 0 Å². The third-order valence-electron chi connectivity index (χ3n) is 7.57. The molecule has 1 aliphatic heterocycles. The van der Waals surface area contributed by atoms with E-state index >= 15 is 0 Å². The molecule has 0 spiro atoms. The van der Waals surface area contributed by atoms with Crippen LogP contribution in [-0.2, 0) is 22.0 Å². The fourth-order valence-corrected chi connectivity index (χ4v) is 6.02. The minimum atomic E-state index is -0.137. The van der Waals surface area contributed by atoms with E-state index in [1.165, 1.54) is 21.6 Å². The molecule has 2 aromatic carbocycles. The first-order chi connectivity index (χ1) is 17.8. The number of benzene rings is 2. The first-order valence-electron chi connectivity index (χ1n) is 13.6. The number of carbonyl (C=O) groups excluding carboxylic acids is 2. The standard InChI is InChI=1S/C33H42N2O2S/c1-22(2)35(31(37)24-11-15-26(16-12-24)33(6,7)8)21-29(36)34-19-17-28-27(18-20-38-28)30(34)23-9-13-25(14-10-23)32(3,4)5/h9-16,18,20,22,30H,17,19,21H2,1-8H3/t30-/m1/s1. The summed E-state index contributed by atoms with van der Waals surface area (Å²) in [4.78, 5) is 32.5. The summed E-state index contributed by atoms with van der Waals surface area (Å²) in [7, 11) is 0. The first kappa shape index (κ1) is 28.1. The molecule has 0 saturated heterocycles. The predicted octanol–water partition coefficient (Wildman–Crippen LogP) is 7.37. The lowest BCUT2D eigenvalue weighted by Crippen LogP contribution is -2.48. The Kier molecular flexibility index (Phi) is 7.90. The molecular weight excluding hydrogens is 488 g/mol. The van der Waals surface area contributed by atoms with E-state index in [9.17, 15) is 9.59 Å². The Bertz CT molecular complexity index is 1270. The third-order valence-corrected chi connectivity index (χ3v) is 8.56. The van der Waals surface area contributed by atoms with Gasteiger partial charge in [-0.1, -0.05) is 77.9 Å². The third kappa shape index (κ3) is 5.88. The molecule has 0 aliphatic carbocycles. The van der Waals surface area contributed by atoms with Crippen molar-refractivity contribution in [1.29, 1.82) is 0 Å². The van der Waals surface area contributed by atoms with E-state index in [0.29, 0.717) is 12.1 Å². The van der Waals surface area contributed by atoms with Gasteiger partial charge in [0.2, 0.25) is 5.91 Å². The molecule has 4 nitrogen and oxygen atoms in total. The summed E-state index contributed by atoms with van der Waals surface area (Å²) in [5.74, 6) is -0.117. The molecule has 1 atom stereocenters. The Morgan fingerprint density at radius 2 is 1.45 bits per heavy atom. The second kappa shape index (κ2) is 10.7. The number of carbonyl (C=O) groups is 2. The molecule has 202 valence electrons. The van der Waals surface area contributed by atoms with Crippen LogP contribution in [0.25, 0.3) is 0 Å². The normalized spacial score (nSPS) is 15.9. The topological polar surface area (TPSA) is 40.6 Å². The summed E-state index contributed by atoms with van der Waals surface area (Å²) in [6, 6.07) is 18.4. The molecule has 3 aromatic rings. The number of hydrogen-bond donors (Lipinski definition) is 0. The van der Waals surface area contributed by atoms with Gasteiger partial charge in [0.05, 0.1) is 6.04 Å². The molecule has 0 radical (unpaired) electrons. The smallest absolute Gasteiger partial charge is 0.254 e. The van der Waals surface area contributed by atoms with E-state index < -0.39 is 0 Å². The van der Waals surface area contributed by atoms with Crippen LogP contribution in [0.1, 0.15) is 98.9 Å². The quantitative estimate of drug-likeness (QED) is 0.346. The first-order valence-corrected chi connectivity index (χ1v) is 14.5. The van der Waals surface area contributed by atoms with Crippen molar-refractivity contribution in [2.75, 3.05) is 13.1 Å². The molecule has 1 aromatic heterocycles. The van der Waals surface area contributed by atoms with Crippen molar-refractivity contribution in [3.63, 3.8) is 0 Å². The molecule has 2 heterocycles. The largest absolute Gasteiger partial charge is 0.330 e. The lowest BCUT2D eigenvalue weighted by Gasteiger charge is -2.38. The van der Waals surface area contributed by atoms with Gasteiger partial charge in [-0.15, -0.1) is 11.3 Å². The van der Waals surface area contributed by atoms with Gasteiger partial charge in [-0.25, -0.2) is 0 Å². The van der Waals surface area contributed by atoms with Crippen molar-refractivity contribution in [1.82, 2.24) is 9.80 Å². The van der Waals surface area contributed by atoms with Gasteiger partial charge in [0.1, 0.15) is 6.54 Å². The minimum Gasteiger partial charge on any atom is -0.330 e. The van der Waals surface area contributed by atoms with E-state index in [1.54, 1.807) is 16.2 Å². The summed E-state index contributed by atoms with van der Waals surface area (Å²) < 4.78 is 0. The van der Waals surface area contributed by atoms with Crippen molar-refractivity contribution in [2.24, 2.45) is 0 Å². The van der Waals surface area contributed by atoms with Crippen LogP contribution in [0, 0.1) is 0 Å². The van der Waals surface area contributed by atoms with Crippen molar-refractivity contribution in [3.05, 3.63) is 92.7 Å².